The Morgan fingerprint density at radius 1 is 0.978 bits per heavy atom. The molecule has 3 aromatic carbocycles. The number of carbonyl (C=O) groups is 1. The third kappa shape index (κ3) is 6.34. The van der Waals surface area contributed by atoms with Crippen LogP contribution in [0.4, 0.5) is 21.6 Å². The van der Waals surface area contributed by atoms with Gasteiger partial charge >= 0.3 is 0 Å². The fourth-order valence-electron chi connectivity index (χ4n) is 5.43. The lowest BCUT2D eigenvalue weighted by Crippen LogP contribution is -2.24. The zero-order valence-corrected chi connectivity index (χ0v) is 25.4. The van der Waals surface area contributed by atoms with Crippen molar-refractivity contribution in [2.45, 2.75) is 25.8 Å². The Morgan fingerprint density at radius 2 is 1.80 bits per heavy atom. The molecule has 1 aliphatic rings. The number of rotatable bonds is 9. The lowest BCUT2D eigenvalue weighted by Gasteiger charge is -2.17. The third-order valence-corrected chi connectivity index (χ3v) is 7.89. The number of hydrogen-bond acceptors (Lipinski definition) is 9. The monoisotopic (exact) mass is 608 g/mol. The highest BCUT2D eigenvalue weighted by Gasteiger charge is 2.22. The van der Waals surface area contributed by atoms with Crippen LogP contribution < -0.4 is 24.8 Å². The van der Waals surface area contributed by atoms with Crippen molar-refractivity contribution in [1.29, 1.82) is 0 Å². The molecule has 0 spiro atoms. The molecule has 3 heterocycles. The first kappa shape index (κ1) is 29.8. The predicted molar refractivity (Wildman–Crippen MR) is 172 cm³/mol. The molecule has 230 valence electrons. The highest BCUT2D eigenvalue weighted by atomic mass is 19.1. The van der Waals surface area contributed by atoms with Gasteiger partial charge in [-0.1, -0.05) is 6.07 Å². The smallest absolute Gasteiger partial charge is 0.284 e. The number of amides is 1. The number of halogens is 1. The molecule has 2 aromatic heterocycles. The van der Waals surface area contributed by atoms with Crippen LogP contribution in [0.3, 0.4) is 0 Å². The number of nitrogens with one attached hydrogen (secondary N) is 2. The summed E-state index contributed by atoms with van der Waals surface area (Å²) in [7, 11) is 4.96. The molecule has 1 atom stereocenters. The van der Waals surface area contributed by atoms with E-state index in [4.69, 9.17) is 14.2 Å². The average molecular weight is 609 g/mol. The Kier molecular flexibility index (Phi) is 8.43. The topological polar surface area (TPSA) is 111 Å². The van der Waals surface area contributed by atoms with Crippen LogP contribution in [0.2, 0.25) is 0 Å². The Morgan fingerprint density at radius 3 is 2.58 bits per heavy atom. The van der Waals surface area contributed by atoms with Gasteiger partial charge in [-0.05, 0) is 75.3 Å². The summed E-state index contributed by atoms with van der Waals surface area (Å²) in [6, 6.07) is 16.6. The van der Waals surface area contributed by atoms with Gasteiger partial charge in [-0.15, -0.1) is 0 Å². The number of likely N-dealkylation sites (tertiary alicyclic amines) is 1. The van der Waals surface area contributed by atoms with Crippen LogP contribution in [0, 0.1) is 6.92 Å². The molecule has 6 rings (SSSR count). The van der Waals surface area contributed by atoms with E-state index < -0.39 is 11.7 Å². The zero-order chi connectivity index (χ0) is 31.5. The fourth-order valence-corrected chi connectivity index (χ4v) is 5.43. The molecule has 45 heavy (non-hydrogen) atoms. The van der Waals surface area contributed by atoms with Crippen LogP contribution in [0.15, 0.2) is 79.0 Å². The fraction of sp³-hybridized carbons (Fsp3) is 0.235. The maximum absolute atomic E-state index is 14.9. The normalized spacial score (nSPS) is 15.3. The Labute approximate surface area is 259 Å². The summed E-state index contributed by atoms with van der Waals surface area (Å²) >= 11 is 0. The van der Waals surface area contributed by atoms with Gasteiger partial charge in [0.1, 0.15) is 35.1 Å². The largest absolute Gasteiger partial charge is 0.494 e. The van der Waals surface area contributed by atoms with Crippen LogP contribution >= 0.6 is 0 Å². The Hall–Kier alpha value is -5.29. The molecule has 0 bridgehead atoms. The quantitative estimate of drug-likeness (QED) is 0.172. The summed E-state index contributed by atoms with van der Waals surface area (Å²) in [5.41, 5.74) is 3.17. The summed E-state index contributed by atoms with van der Waals surface area (Å²) in [6.07, 6.45) is 6.30. The lowest BCUT2D eigenvalue weighted by atomic mass is 10.1. The second kappa shape index (κ2) is 12.7. The standard InChI is InChI=1S/C34H33FN6O4/c1-20-13-28(32(44-4)18-30(20)45-23-10-9-21-7-5-11-36-26(21)15-23)39-33-24-16-29(31(43-3)17-27(24)37-19-38-33)40-34(42)25(35)14-22-8-6-12-41(22)2/h5,7,9-11,13-19,22H,6,8,12H2,1-4H3,(H,40,42)(H,37,38,39)/b25-14-. The van der Waals surface area contributed by atoms with Crippen LogP contribution in [0.1, 0.15) is 18.4 Å². The first-order valence-corrected chi connectivity index (χ1v) is 14.5. The van der Waals surface area contributed by atoms with Gasteiger partial charge in [0.2, 0.25) is 0 Å². The summed E-state index contributed by atoms with van der Waals surface area (Å²) in [4.78, 5) is 28.1. The number of methoxy groups -OCH3 is 2. The Balaban J connectivity index is 1.28. The number of pyridine rings is 1. The molecule has 11 heteroatoms. The molecule has 2 N–H and O–H groups in total. The van der Waals surface area contributed by atoms with Gasteiger partial charge in [0.25, 0.3) is 5.91 Å². The van der Waals surface area contributed by atoms with Gasteiger partial charge in [-0.3, -0.25) is 14.7 Å². The number of anilines is 3. The van der Waals surface area contributed by atoms with Crippen LogP contribution in [-0.4, -0.2) is 59.6 Å². The van der Waals surface area contributed by atoms with E-state index in [0.29, 0.717) is 45.4 Å². The van der Waals surface area contributed by atoms with Crippen molar-refractivity contribution in [3.8, 4) is 23.0 Å². The van der Waals surface area contributed by atoms with Crippen molar-refractivity contribution in [2.75, 3.05) is 38.4 Å². The van der Waals surface area contributed by atoms with Crippen molar-refractivity contribution in [2.24, 2.45) is 0 Å². The number of aromatic nitrogens is 3. The first-order valence-electron chi connectivity index (χ1n) is 14.5. The molecule has 0 radical (unpaired) electrons. The minimum atomic E-state index is -0.852. The highest BCUT2D eigenvalue weighted by Crippen LogP contribution is 2.39. The lowest BCUT2D eigenvalue weighted by molar-refractivity contribution is -0.114. The number of carbonyl (C=O) groups excluding carboxylic acids is 1. The van der Waals surface area contributed by atoms with Crippen molar-refractivity contribution < 1.29 is 23.4 Å². The first-order chi connectivity index (χ1) is 21.8. The minimum Gasteiger partial charge on any atom is -0.494 e. The number of ether oxygens (including phenoxy) is 3. The molecule has 10 nitrogen and oxygen atoms in total. The SMILES string of the molecule is COc1cc2ncnc(Nc3cc(C)c(Oc4ccc5cccnc5c4)cc3OC)c2cc1NC(=O)/C(F)=C/C1CCCN1C. The maximum Gasteiger partial charge on any atom is 0.284 e. The van der Waals surface area contributed by atoms with Crippen molar-refractivity contribution in [1.82, 2.24) is 19.9 Å². The summed E-state index contributed by atoms with van der Waals surface area (Å²) in [6.45, 7) is 2.80. The molecule has 0 aliphatic carbocycles. The van der Waals surface area contributed by atoms with Gasteiger partial charge in [0.15, 0.2) is 5.83 Å². The van der Waals surface area contributed by atoms with Crippen LogP contribution in [-0.2, 0) is 4.79 Å². The van der Waals surface area contributed by atoms with E-state index >= 15 is 0 Å². The van der Waals surface area contributed by atoms with Gasteiger partial charge in [-0.25, -0.2) is 14.4 Å². The predicted octanol–water partition coefficient (Wildman–Crippen LogP) is 6.93. The van der Waals surface area contributed by atoms with Gasteiger partial charge < -0.3 is 24.8 Å². The number of hydrogen-bond donors (Lipinski definition) is 2. The van der Waals surface area contributed by atoms with E-state index in [0.717, 1.165) is 35.9 Å². The van der Waals surface area contributed by atoms with Crippen LogP contribution in [0.5, 0.6) is 23.0 Å². The molecule has 1 saturated heterocycles. The number of aryl methyl sites for hydroxylation is 1. The van der Waals surface area contributed by atoms with Crippen LogP contribution in [0.25, 0.3) is 21.8 Å². The van der Waals surface area contributed by atoms with E-state index in [1.54, 1.807) is 31.5 Å². The molecule has 0 saturated carbocycles. The number of likely N-dealkylation sites (N-methyl/N-ethyl adjacent to an activating group) is 1. The van der Waals surface area contributed by atoms with E-state index in [1.165, 1.54) is 19.5 Å². The van der Waals surface area contributed by atoms with Gasteiger partial charge in [-0.2, -0.15) is 0 Å². The molecule has 1 aliphatic heterocycles. The molecule has 1 amide bonds. The van der Waals surface area contributed by atoms with Gasteiger partial charge in [0, 0.05) is 41.2 Å². The van der Waals surface area contributed by atoms with E-state index in [9.17, 15) is 9.18 Å². The molecule has 1 unspecified atom stereocenters. The Bertz CT molecular complexity index is 1930. The second-order valence-electron chi connectivity index (χ2n) is 10.9. The zero-order valence-electron chi connectivity index (χ0n) is 25.4. The molecule has 5 aromatic rings. The third-order valence-electron chi connectivity index (χ3n) is 7.89. The average Bonchev–Trinajstić information content (AvgIpc) is 3.45. The molecular weight excluding hydrogens is 575 g/mol. The summed E-state index contributed by atoms with van der Waals surface area (Å²) in [5, 5.41) is 7.59. The van der Waals surface area contributed by atoms with Crippen molar-refractivity contribution in [3.63, 3.8) is 0 Å². The van der Waals surface area contributed by atoms with Crippen molar-refractivity contribution >= 4 is 44.9 Å². The van der Waals surface area contributed by atoms with E-state index in [1.807, 2.05) is 55.3 Å². The number of fused-ring (bicyclic) bond motifs is 2. The van der Waals surface area contributed by atoms with E-state index in [2.05, 4.69) is 25.6 Å². The van der Waals surface area contributed by atoms with E-state index in [-0.39, 0.29) is 11.7 Å². The second-order valence-corrected chi connectivity index (χ2v) is 10.9. The molecular formula is C34H33FN6O4. The summed E-state index contributed by atoms with van der Waals surface area (Å²) < 4.78 is 32.3. The number of nitrogens with zero attached hydrogens (tertiary/aromatic N) is 4. The highest BCUT2D eigenvalue weighted by molar-refractivity contribution is 6.05. The number of benzene rings is 3. The van der Waals surface area contributed by atoms with Gasteiger partial charge in [0.05, 0.1) is 36.6 Å². The minimum absolute atomic E-state index is 0.113. The van der Waals surface area contributed by atoms with Crippen molar-refractivity contribution in [3.05, 3.63) is 84.6 Å². The summed E-state index contributed by atoms with van der Waals surface area (Å²) in [5.74, 6) is 0.884. The molecule has 1 fully saturated rings. The maximum atomic E-state index is 14.9.